The second kappa shape index (κ2) is 5.84. The number of aromatic nitrogens is 1. The van der Waals surface area contributed by atoms with Gasteiger partial charge in [0.1, 0.15) is 16.0 Å². The highest BCUT2D eigenvalue weighted by Gasteiger charge is 2.08. The number of nitrogens with one attached hydrogen (secondary N) is 1. The molecular formula is C14H13BrN2O2. The van der Waals surface area contributed by atoms with E-state index in [1.807, 2.05) is 19.1 Å². The molecule has 0 aliphatic carbocycles. The zero-order valence-electron chi connectivity index (χ0n) is 10.6. The van der Waals surface area contributed by atoms with E-state index in [-0.39, 0.29) is 5.91 Å². The topological polar surface area (TPSA) is 51.2 Å². The largest absolute Gasteiger partial charge is 0.496 e. The van der Waals surface area contributed by atoms with Crippen LogP contribution in [0.25, 0.3) is 0 Å². The normalized spacial score (nSPS) is 10.1. The maximum absolute atomic E-state index is 12.0. The van der Waals surface area contributed by atoms with Gasteiger partial charge in [0.2, 0.25) is 0 Å². The molecule has 0 atom stereocenters. The highest BCUT2D eigenvalue weighted by Crippen LogP contribution is 2.21. The minimum atomic E-state index is -0.245. The third-order valence-electron chi connectivity index (χ3n) is 2.60. The molecule has 1 amide bonds. The number of aryl methyl sites for hydroxylation is 1. The molecular weight excluding hydrogens is 308 g/mol. The number of anilines is 1. The van der Waals surface area contributed by atoms with Crippen molar-refractivity contribution in [2.24, 2.45) is 0 Å². The Balaban J connectivity index is 2.17. The third-order valence-corrected chi connectivity index (χ3v) is 3.04. The molecule has 0 bridgehead atoms. The van der Waals surface area contributed by atoms with Crippen LogP contribution in [0.1, 0.15) is 16.1 Å². The number of hydrogen-bond acceptors (Lipinski definition) is 3. The van der Waals surface area contributed by atoms with E-state index in [9.17, 15) is 4.79 Å². The lowest BCUT2D eigenvalue weighted by atomic mass is 10.2. The summed E-state index contributed by atoms with van der Waals surface area (Å²) in [5.74, 6) is 0.546. The van der Waals surface area contributed by atoms with Crippen LogP contribution in [0, 0.1) is 6.92 Å². The molecule has 19 heavy (non-hydrogen) atoms. The van der Waals surface area contributed by atoms with Gasteiger partial charge in [-0.3, -0.25) is 4.79 Å². The summed E-state index contributed by atoms with van der Waals surface area (Å²) in [6.45, 7) is 1.92. The second-order valence-electron chi connectivity index (χ2n) is 3.98. The van der Waals surface area contributed by atoms with Crippen LogP contribution in [0.2, 0.25) is 0 Å². The molecule has 98 valence electrons. The smallest absolute Gasteiger partial charge is 0.274 e. The summed E-state index contributed by atoms with van der Waals surface area (Å²) in [6, 6.07) is 10.7. The van der Waals surface area contributed by atoms with Gasteiger partial charge in [0.15, 0.2) is 0 Å². The lowest BCUT2D eigenvalue weighted by Gasteiger charge is -2.08. The first-order chi connectivity index (χ1) is 9.10. The molecule has 1 N–H and O–H groups in total. The molecule has 0 saturated carbocycles. The van der Waals surface area contributed by atoms with Gasteiger partial charge < -0.3 is 10.1 Å². The number of carbonyl (C=O) groups is 1. The average Bonchev–Trinajstić information content (AvgIpc) is 2.39. The van der Waals surface area contributed by atoms with Crippen LogP contribution >= 0.6 is 15.9 Å². The molecule has 1 heterocycles. The Bertz CT molecular complexity index is 614. The van der Waals surface area contributed by atoms with E-state index in [1.165, 1.54) is 0 Å². The first kappa shape index (κ1) is 13.5. The fourth-order valence-corrected chi connectivity index (χ4v) is 2.03. The van der Waals surface area contributed by atoms with Gasteiger partial charge in [0, 0.05) is 5.69 Å². The number of nitrogens with zero attached hydrogens (tertiary/aromatic N) is 1. The zero-order chi connectivity index (χ0) is 13.8. The lowest BCUT2D eigenvalue weighted by molar-refractivity contribution is 0.102. The quantitative estimate of drug-likeness (QED) is 0.882. The van der Waals surface area contributed by atoms with Crippen LogP contribution in [0.3, 0.4) is 0 Å². The summed E-state index contributed by atoms with van der Waals surface area (Å²) < 4.78 is 5.80. The van der Waals surface area contributed by atoms with Crippen molar-refractivity contribution >= 4 is 27.5 Å². The lowest BCUT2D eigenvalue weighted by Crippen LogP contribution is -2.13. The first-order valence-electron chi connectivity index (χ1n) is 5.68. The maximum Gasteiger partial charge on any atom is 0.274 e. The second-order valence-corrected chi connectivity index (χ2v) is 4.80. The number of hydrogen-bond donors (Lipinski definition) is 1. The summed E-state index contributed by atoms with van der Waals surface area (Å²) in [6.07, 6.45) is 0. The molecule has 0 radical (unpaired) electrons. The van der Waals surface area contributed by atoms with E-state index >= 15 is 0 Å². The molecule has 1 aromatic heterocycles. The van der Waals surface area contributed by atoms with Gasteiger partial charge in [0.05, 0.1) is 7.11 Å². The summed E-state index contributed by atoms with van der Waals surface area (Å²) in [7, 11) is 1.62. The molecule has 2 aromatic rings. The Hall–Kier alpha value is -1.88. The van der Waals surface area contributed by atoms with Gasteiger partial charge >= 0.3 is 0 Å². The van der Waals surface area contributed by atoms with Crippen molar-refractivity contribution in [3.8, 4) is 5.75 Å². The SMILES string of the molecule is COc1ccc(NC(=O)c2cccc(Br)n2)cc1C. The van der Waals surface area contributed by atoms with E-state index in [1.54, 1.807) is 31.4 Å². The van der Waals surface area contributed by atoms with Crippen LogP contribution in [0.15, 0.2) is 41.0 Å². The minimum absolute atomic E-state index is 0.245. The molecule has 0 saturated heterocycles. The van der Waals surface area contributed by atoms with Crippen LogP contribution in [0.4, 0.5) is 5.69 Å². The number of rotatable bonds is 3. The highest BCUT2D eigenvalue weighted by molar-refractivity contribution is 9.10. The van der Waals surface area contributed by atoms with Gasteiger partial charge in [-0.05, 0) is 58.7 Å². The monoisotopic (exact) mass is 320 g/mol. The van der Waals surface area contributed by atoms with Gasteiger partial charge in [-0.25, -0.2) is 4.98 Å². The Kier molecular flexibility index (Phi) is 4.16. The Morgan fingerprint density at radius 3 is 2.74 bits per heavy atom. The molecule has 0 unspecified atom stereocenters. The zero-order valence-corrected chi connectivity index (χ0v) is 12.2. The van der Waals surface area contributed by atoms with E-state index in [2.05, 4.69) is 26.2 Å². The predicted octanol–water partition coefficient (Wildman–Crippen LogP) is 3.41. The van der Waals surface area contributed by atoms with E-state index in [4.69, 9.17) is 4.74 Å². The fourth-order valence-electron chi connectivity index (χ4n) is 1.69. The third kappa shape index (κ3) is 3.32. The predicted molar refractivity (Wildman–Crippen MR) is 77.6 cm³/mol. The van der Waals surface area contributed by atoms with Gasteiger partial charge in [-0.1, -0.05) is 6.07 Å². The van der Waals surface area contributed by atoms with Crippen LogP contribution < -0.4 is 10.1 Å². The number of benzene rings is 1. The standard InChI is InChI=1S/C14H13BrN2O2/c1-9-8-10(6-7-12(9)19-2)16-14(18)11-4-3-5-13(15)17-11/h3-8H,1-2H3,(H,16,18). The highest BCUT2D eigenvalue weighted by atomic mass is 79.9. The molecule has 5 heteroatoms. The molecule has 0 aliphatic rings. The number of carbonyl (C=O) groups excluding carboxylic acids is 1. The average molecular weight is 321 g/mol. The van der Waals surface area contributed by atoms with Crippen molar-refractivity contribution in [2.75, 3.05) is 12.4 Å². The number of amides is 1. The van der Waals surface area contributed by atoms with Crippen molar-refractivity contribution in [3.63, 3.8) is 0 Å². The summed E-state index contributed by atoms with van der Waals surface area (Å²) >= 11 is 3.24. The Morgan fingerprint density at radius 1 is 1.32 bits per heavy atom. The number of ether oxygens (including phenoxy) is 1. The van der Waals surface area contributed by atoms with Crippen LogP contribution in [0.5, 0.6) is 5.75 Å². The summed E-state index contributed by atoms with van der Waals surface area (Å²) in [5, 5.41) is 2.80. The van der Waals surface area contributed by atoms with Crippen molar-refractivity contribution < 1.29 is 9.53 Å². The number of halogens is 1. The van der Waals surface area contributed by atoms with Crippen molar-refractivity contribution in [2.45, 2.75) is 6.92 Å². The Labute approximate surface area is 119 Å². The van der Waals surface area contributed by atoms with E-state index < -0.39 is 0 Å². The van der Waals surface area contributed by atoms with Crippen molar-refractivity contribution in [1.82, 2.24) is 4.98 Å². The summed E-state index contributed by atoms with van der Waals surface area (Å²) in [5.41, 5.74) is 2.04. The molecule has 1 aromatic carbocycles. The summed E-state index contributed by atoms with van der Waals surface area (Å²) in [4.78, 5) is 16.1. The minimum Gasteiger partial charge on any atom is -0.496 e. The fraction of sp³-hybridized carbons (Fsp3) is 0.143. The van der Waals surface area contributed by atoms with Gasteiger partial charge in [-0.2, -0.15) is 0 Å². The van der Waals surface area contributed by atoms with Crippen molar-refractivity contribution in [3.05, 3.63) is 52.3 Å². The molecule has 0 aliphatic heterocycles. The van der Waals surface area contributed by atoms with Crippen molar-refractivity contribution in [1.29, 1.82) is 0 Å². The van der Waals surface area contributed by atoms with Crippen LogP contribution in [-0.4, -0.2) is 18.0 Å². The van der Waals surface area contributed by atoms with Crippen LogP contribution in [-0.2, 0) is 0 Å². The van der Waals surface area contributed by atoms with E-state index in [0.29, 0.717) is 16.0 Å². The number of pyridine rings is 1. The van der Waals surface area contributed by atoms with Gasteiger partial charge in [0.25, 0.3) is 5.91 Å². The molecule has 0 fully saturated rings. The Morgan fingerprint density at radius 2 is 2.11 bits per heavy atom. The van der Waals surface area contributed by atoms with Gasteiger partial charge in [-0.15, -0.1) is 0 Å². The maximum atomic E-state index is 12.0. The molecule has 0 spiro atoms. The van der Waals surface area contributed by atoms with E-state index in [0.717, 1.165) is 11.3 Å². The molecule has 2 rings (SSSR count). The first-order valence-corrected chi connectivity index (χ1v) is 6.48. The molecule has 4 nitrogen and oxygen atoms in total. The number of methoxy groups -OCH3 is 1.